The van der Waals surface area contributed by atoms with E-state index in [1.54, 1.807) is 13.0 Å². The van der Waals surface area contributed by atoms with Crippen molar-refractivity contribution in [3.63, 3.8) is 0 Å². The van der Waals surface area contributed by atoms with Crippen LogP contribution in [-0.4, -0.2) is 8.42 Å². The van der Waals surface area contributed by atoms with Gasteiger partial charge >= 0.3 is 0 Å². The van der Waals surface area contributed by atoms with Gasteiger partial charge in [0.2, 0.25) is 0 Å². The van der Waals surface area contributed by atoms with Crippen LogP contribution in [0.1, 0.15) is 11.1 Å². The topological polar surface area (TPSA) is 70.0 Å². The minimum absolute atomic E-state index is 0.0241. The molecule has 104 valence electrons. The number of thiophene rings is 1. The van der Waals surface area contributed by atoms with Gasteiger partial charge in [-0.05, 0) is 36.8 Å². The molecule has 0 saturated carbocycles. The zero-order valence-corrected chi connectivity index (χ0v) is 12.5. The number of halogens is 2. The predicted molar refractivity (Wildman–Crippen MR) is 76.0 cm³/mol. The molecule has 1 N–H and O–H groups in total. The second-order valence-corrected chi connectivity index (χ2v) is 7.49. The van der Waals surface area contributed by atoms with Gasteiger partial charge in [0.15, 0.2) is 0 Å². The molecule has 0 radical (unpaired) electrons. The smallest absolute Gasteiger partial charge is 0.271 e. The number of rotatable bonds is 3. The van der Waals surface area contributed by atoms with Gasteiger partial charge in [-0.15, -0.1) is 11.3 Å². The lowest BCUT2D eigenvalue weighted by molar-refractivity contribution is 0.603. The monoisotopic (exact) mass is 330 g/mol. The number of benzene rings is 1. The fourth-order valence-electron chi connectivity index (χ4n) is 1.46. The summed E-state index contributed by atoms with van der Waals surface area (Å²) < 4.78 is 40.0. The first-order valence-electron chi connectivity index (χ1n) is 5.32. The third-order valence-electron chi connectivity index (χ3n) is 2.45. The van der Waals surface area contributed by atoms with Gasteiger partial charge in [0.05, 0.1) is 15.6 Å². The van der Waals surface area contributed by atoms with Gasteiger partial charge < -0.3 is 0 Å². The van der Waals surface area contributed by atoms with Crippen molar-refractivity contribution >= 4 is 38.6 Å². The number of nitriles is 1. The Bertz CT molecular complexity index is 790. The Morgan fingerprint density at radius 3 is 2.65 bits per heavy atom. The van der Waals surface area contributed by atoms with Crippen molar-refractivity contribution in [2.24, 2.45) is 0 Å². The lowest BCUT2D eigenvalue weighted by Gasteiger charge is -2.07. The second kappa shape index (κ2) is 5.40. The lowest BCUT2D eigenvalue weighted by atomic mass is 10.2. The normalized spacial score (nSPS) is 11.1. The fourth-order valence-corrected chi connectivity index (χ4v) is 4.24. The number of hydrogen-bond donors (Lipinski definition) is 1. The molecule has 20 heavy (non-hydrogen) atoms. The second-order valence-electron chi connectivity index (χ2n) is 3.93. The number of nitrogens with one attached hydrogen (secondary N) is 1. The van der Waals surface area contributed by atoms with Crippen LogP contribution in [0, 0.1) is 24.1 Å². The number of sulfonamides is 1. The first kappa shape index (κ1) is 14.8. The summed E-state index contributed by atoms with van der Waals surface area (Å²) in [6, 6.07) is 6.41. The predicted octanol–water partition coefficient (Wildman–Crippen LogP) is 3.52. The van der Waals surface area contributed by atoms with E-state index in [1.807, 2.05) is 0 Å². The SMILES string of the molecule is Cc1cc(S(=O)(=O)Nc2ccc(F)cc2C#N)sc1Cl. The van der Waals surface area contributed by atoms with E-state index < -0.39 is 15.8 Å². The summed E-state index contributed by atoms with van der Waals surface area (Å²) >= 11 is 6.76. The third-order valence-corrected chi connectivity index (χ3v) is 5.84. The highest BCUT2D eigenvalue weighted by molar-refractivity contribution is 7.94. The van der Waals surface area contributed by atoms with E-state index in [2.05, 4.69) is 4.72 Å². The molecule has 0 fully saturated rings. The number of hydrogen-bond acceptors (Lipinski definition) is 4. The molecule has 0 bridgehead atoms. The molecule has 2 aromatic rings. The molecular weight excluding hydrogens is 323 g/mol. The minimum atomic E-state index is -3.85. The molecular formula is C12H8ClFN2O2S2. The molecule has 1 heterocycles. The summed E-state index contributed by atoms with van der Waals surface area (Å²) in [7, 11) is -3.85. The van der Waals surface area contributed by atoms with Gasteiger partial charge in [0, 0.05) is 0 Å². The van der Waals surface area contributed by atoms with Gasteiger partial charge in [-0.1, -0.05) is 11.6 Å². The largest absolute Gasteiger partial charge is 0.278 e. The van der Waals surface area contributed by atoms with Gasteiger partial charge in [0.25, 0.3) is 10.0 Å². The van der Waals surface area contributed by atoms with Gasteiger partial charge in [0.1, 0.15) is 16.1 Å². The van der Waals surface area contributed by atoms with Crippen molar-refractivity contribution in [1.82, 2.24) is 0 Å². The molecule has 0 aliphatic carbocycles. The van der Waals surface area contributed by atoms with E-state index in [1.165, 1.54) is 12.1 Å². The molecule has 0 atom stereocenters. The van der Waals surface area contributed by atoms with E-state index in [0.29, 0.717) is 9.90 Å². The van der Waals surface area contributed by atoms with Crippen LogP contribution in [-0.2, 0) is 10.0 Å². The van der Waals surface area contributed by atoms with E-state index in [9.17, 15) is 12.8 Å². The number of anilines is 1. The quantitative estimate of drug-likeness (QED) is 0.936. The summed E-state index contributed by atoms with van der Waals surface area (Å²) in [4.78, 5) is 0. The standard InChI is InChI=1S/C12H8ClFN2O2S2/c1-7-4-11(19-12(7)13)20(17,18)16-10-3-2-9(14)5-8(10)6-15/h2-5,16H,1H3. The maximum absolute atomic E-state index is 13.0. The summed E-state index contributed by atoms with van der Waals surface area (Å²) in [5, 5.41) is 8.89. The summed E-state index contributed by atoms with van der Waals surface area (Å²) in [6.07, 6.45) is 0. The van der Waals surface area contributed by atoms with Crippen LogP contribution in [0.2, 0.25) is 4.34 Å². The molecule has 0 saturated heterocycles. The van der Waals surface area contributed by atoms with Crippen molar-refractivity contribution in [2.75, 3.05) is 4.72 Å². The summed E-state index contributed by atoms with van der Waals surface area (Å²) in [5.41, 5.74) is 0.584. The van der Waals surface area contributed by atoms with E-state index in [0.717, 1.165) is 23.5 Å². The molecule has 0 amide bonds. The maximum atomic E-state index is 13.0. The Labute approximate surface area is 124 Å². The average Bonchev–Trinajstić information content (AvgIpc) is 2.72. The highest BCUT2D eigenvalue weighted by Gasteiger charge is 2.20. The zero-order chi connectivity index (χ0) is 14.9. The van der Waals surface area contributed by atoms with Crippen molar-refractivity contribution in [2.45, 2.75) is 11.1 Å². The van der Waals surface area contributed by atoms with Crippen molar-refractivity contribution in [1.29, 1.82) is 5.26 Å². The highest BCUT2D eigenvalue weighted by atomic mass is 35.5. The van der Waals surface area contributed by atoms with Crippen molar-refractivity contribution in [3.8, 4) is 6.07 Å². The Morgan fingerprint density at radius 2 is 2.10 bits per heavy atom. The van der Waals surface area contributed by atoms with Crippen molar-refractivity contribution < 1.29 is 12.8 Å². The molecule has 8 heteroatoms. The highest BCUT2D eigenvalue weighted by Crippen LogP contribution is 2.31. The van der Waals surface area contributed by atoms with Gasteiger partial charge in [-0.2, -0.15) is 5.26 Å². The van der Waals surface area contributed by atoms with Crippen LogP contribution in [0.3, 0.4) is 0 Å². The number of aryl methyl sites for hydroxylation is 1. The van der Waals surface area contributed by atoms with Crippen molar-refractivity contribution in [3.05, 3.63) is 45.5 Å². The minimum Gasteiger partial charge on any atom is -0.278 e. The maximum Gasteiger partial charge on any atom is 0.271 e. The zero-order valence-electron chi connectivity index (χ0n) is 10.1. The van der Waals surface area contributed by atoms with Crippen LogP contribution >= 0.6 is 22.9 Å². The molecule has 0 aliphatic heterocycles. The van der Waals surface area contributed by atoms with Crippen LogP contribution in [0.25, 0.3) is 0 Å². The average molecular weight is 331 g/mol. The molecule has 1 aromatic carbocycles. The first-order valence-corrected chi connectivity index (χ1v) is 7.99. The van der Waals surface area contributed by atoms with Gasteiger partial charge in [-0.25, -0.2) is 12.8 Å². The van der Waals surface area contributed by atoms with Crippen LogP contribution in [0.15, 0.2) is 28.5 Å². The Balaban J connectivity index is 2.41. The molecule has 1 aromatic heterocycles. The van der Waals surface area contributed by atoms with Crippen LogP contribution < -0.4 is 4.72 Å². The summed E-state index contributed by atoms with van der Waals surface area (Å²) in [5.74, 6) is -0.612. The third kappa shape index (κ3) is 2.93. The first-order chi connectivity index (χ1) is 9.33. The Hall–Kier alpha value is -1.62. The van der Waals surface area contributed by atoms with E-state index in [4.69, 9.17) is 16.9 Å². The molecule has 0 aliphatic rings. The summed E-state index contributed by atoms with van der Waals surface area (Å²) in [6.45, 7) is 1.69. The van der Waals surface area contributed by atoms with E-state index in [-0.39, 0.29) is 15.5 Å². The van der Waals surface area contributed by atoms with Crippen LogP contribution in [0.4, 0.5) is 10.1 Å². The molecule has 2 rings (SSSR count). The molecule has 4 nitrogen and oxygen atoms in total. The van der Waals surface area contributed by atoms with Crippen LogP contribution in [0.5, 0.6) is 0 Å². The Morgan fingerprint density at radius 1 is 1.40 bits per heavy atom. The molecule has 0 unspecified atom stereocenters. The molecule has 0 spiro atoms. The number of nitrogens with zero attached hydrogens (tertiary/aromatic N) is 1. The lowest BCUT2D eigenvalue weighted by Crippen LogP contribution is -2.12. The Kier molecular flexibility index (Phi) is 3.99. The van der Waals surface area contributed by atoms with Gasteiger partial charge in [-0.3, -0.25) is 4.72 Å². The fraction of sp³-hybridized carbons (Fsp3) is 0.0833. The van der Waals surface area contributed by atoms with E-state index >= 15 is 0 Å².